The van der Waals surface area contributed by atoms with E-state index >= 15 is 0 Å². The molecule has 1 unspecified atom stereocenters. The summed E-state index contributed by atoms with van der Waals surface area (Å²) in [6, 6.07) is 13.5. The van der Waals surface area contributed by atoms with E-state index in [1.54, 1.807) is 14.2 Å². The van der Waals surface area contributed by atoms with Crippen LogP contribution in [0.1, 0.15) is 37.7 Å². The molecule has 32 heavy (non-hydrogen) atoms. The van der Waals surface area contributed by atoms with Gasteiger partial charge in [0.15, 0.2) is 11.5 Å². The second-order valence-corrected chi connectivity index (χ2v) is 8.17. The molecule has 0 spiro atoms. The van der Waals surface area contributed by atoms with Gasteiger partial charge in [-0.3, -0.25) is 14.7 Å². The van der Waals surface area contributed by atoms with E-state index < -0.39 is 0 Å². The number of rotatable bonds is 5. The standard InChI is InChI=1S/C25H30N4O3/c1-17-24(18-11-12-21(31-2)22(15-18)32-3)25(27-20-10-6-5-9-19(20)26-17)28-23(30)16-29-13-7-4-8-14-29/h5-6,9-12,15,24H,4,7-8,13-14,16H2,1-3H3,(H,27,28,30). The van der Waals surface area contributed by atoms with Gasteiger partial charge in [-0.1, -0.05) is 24.6 Å². The van der Waals surface area contributed by atoms with Crippen LogP contribution in [-0.4, -0.2) is 56.2 Å². The zero-order valence-electron chi connectivity index (χ0n) is 18.9. The van der Waals surface area contributed by atoms with E-state index in [9.17, 15) is 4.79 Å². The molecule has 1 saturated heterocycles. The van der Waals surface area contributed by atoms with Crippen LogP contribution >= 0.6 is 0 Å². The van der Waals surface area contributed by atoms with Gasteiger partial charge in [0.25, 0.3) is 0 Å². The molecule has 7 nitrogen and oxygen atoms in total. The fraction of sp³-hybridized carbons (Fsp3) is 0.400. The number of nitrogens with zero attached hydrogens (tertiary/aromatic N) is 3. The van der Waals surface area contributed by atoms with Crippen molar-refractivity contribution in [1.82, 2.24) is 10.2 Å². The SMILES string of the molecule is COc1ccc(C2C(C)=Nc3ccccc3N=C2NC(=O)CN2CCCCC2)cc1OC. The third-order valence-corrected chi connectivity index (χ3v) is 5.93. The number of benzene rings is 2. The van der Waals surface area contributed by atoms with Crippen LogP contribution in [-0.2, 0) is 4.79 Å². The fourth-order valence-electron chi connectivity index (χ4n) is 4.33. The number of likely N-dealkylation sites (tertiary alicyclic amines) is 1. The van der Waals surface area contributed by atoms with Crippen LogP contribution < -0.4 is 14.8 Å². The van der Waals surface area contributed by atoms with Crippen molar-refractivity contribution >= 4 is 28.8 Å². The number of methoxy groups -OCH3 is 2. The average Bonchev–Trinajstić information content (AvgIpc) is 2.94. The van der Waals surface area contributed by atoms with Crippen molar-refractivity contribution in [3.05, 3.63) is 48.0 Å². The minimum Gasteiger partial charge on any atom is -0.493 e. The zero-order valence-corrected chi connectivity index (χ0v) is 18.9. The van der Waals surface area contributed by atoms with Crippen LogP contribution in [0.25, 0.3) is 0 Å². The molecule has 2 aromatic rings. The van der Waals surface area contributed by atoms with Gasteiger partial charge in [0, 0.05) is 5.71 Å². The second-order valence-electron chi connectivity index (χ2n) is 8.17. The number of fused-ring (bicyclic) bond motifs is 1. The molecule has 0 aromatic heterocycles. The van der Waals surface area contributed by atoms with E-state index in [-0.39, 0.29) is 11.8 Å². The fourth-order valence-corrected chi connectivity index (χ4v) is 4.33. The first-order chi connectivity index (χ1) is 15.6. The Balaban J connectivity index is 1.70. The second kappa shape index (κ2) is 9.96. The summed E-state index contributed by atoms with van der Waals surface area (Å²) in [6.45, 7) is 4.26. The molecule has 1 amide bonds. The number of hydrogen-bond donors (Lipinski definition) is 1. The van der Waals surface area contributed by atoms with E-state index in [0.717, 1.165) is 48.6 Å². The number of para-hydroxylation sites is 2. The monoisotopic (exact) mass is 434 g/mol. The Kier molecular flexibility index (Phi) is 6.85. The molecule has 1 fully saturated rings. The Bertz CT molecular complexity index is 1040. The van der Waals surface area contributed by atoms with Crippen LogP contribution in [0.3, 0.4) is 0 Å². The third-order valence-electron chi connectivity index (χ3n) is 5.93. The van der Waals surface area contributed by atoms with Gasteiger partial charge < -0.3 is 14.8 Å². The molecule has 0 saturated carbocycles. The molecule has 0 radical (unpaired) electrons. The van der Waals surface area contributed by atoms with Crippen molar-refractivity contribution in [3.8, 4) is 11.5 Å². The highest BCUT2D eigenvalue weighted by Gasteiger charge is 2.28. The number of ether oxygens (including phenoxy) is 2. The van der Waals surface area contributed by atoms with Crippen LogP contribution in [0.2, 0.25) is 0 Å². The molecule has 2 heterocycles. The summed E-state index contributed by atoms with van der Waals surface area (Å²) in [5, 5.41) is 3.11. The van der Waals surface area contributed by atoms with Gasteiger partial charge in [-0.05, 0) is 62.7 Å². The normalized spacial score (nSPS) is 18.7. The molecular weight excluding hydrogens is 404 g/mol. The van der Waals surface area contributed by atoms with Crippen molar-refractivity contribution in [2.75, 3.05) is 33.9 Å². The lowest BCUT2D eigenvalue weighted by atomic mass is 9.92. The van der Waals surface area contributed by atoms with Gasteiger partial charge in [0.2, 0.25) is 5.91 Å². The topological polar surface area (TPSA) is 75.5 Å². The Hall–Kier alpha value is -3.19. The van der Waals surface area contributed by atoms with Crippen molar-refractivity contribution in [2.24, 2.45) is 9.98 Å². The molecule has 0 aliphatic carbocycles. The van der Waals surface area contributed by atoms with Crippen LogP contribution in [0.4, 0.5) is 11.4 Å². The Labute approximate surface area is 189 Å². The van der Waals surface area contributed by atoms with Gasteiger partial charge in [-0.2, -0.15) is 0 Å². The number of hydrogen-bond acceptors (Lipinski definition) is 6. The molecule has 4 rings (SSSR count). The molecule has 168 valence electrons. The lowest BCUT2D eigenvalue weighted by Crippen LogP contribution is -2.44. The maximum absolute atomic E-state index is 13.0. The van der Waals surface area contributed by atoms with E-state index in [4.69, 9.17) is 19.5 Å². The van der Waals surface area contributed by atoms with Crippen LogP contribution in [0.15, 0.2) is 52.4 Å². The molecule has 2 aliphatic heterocycles. The molecule has 7 heteroatoms. The van der Waals surface area contributed by atoms with E-state index in [2.05, 4.69) is 10.2 Å². The van der Waals surface area contributed by atoms with E-state index in [0.29, 0.717) is 23.9 Å². The molecular formula is C25H30N4O3. The summed E-state index contributed by atoms with van der Waals surface area (Å²) < 4.78 is 10.9. The number of carbonyl (C=O) groups excluding carboxylic acids is 1. The summed E-state index contributed by atoms with van der Waals surface area (Å²) in [7, 11) is 3.22. The van der Waals surface area contributed by atoms with Gasteiger partial charge in [-0.25, -0.2) is 4.99 Å². The van der Waals surface area contributed by atoms with Crippen molar-refractivity contribution < 1.29 is 14.3 Å². The maximum Gasteiger partial charge on any atom is 0.239 e. The minimum atomic E-state index is -0.312. The number of carbonyl (C=O) groups is 1. The summed E-state index contributed by atoms with van der Waals surface area (Å²) in [4.78, 5) is 24.9. The minimum absolute atomic E-state index is 0.0525. The third kappa shape index (κ3) is 4.83. The largest absolute Gasteiger partial charge is 0.493 e. The summed E-state index contributed by atoms with van der Waals surface area (Å²) in [5.41, 5.74) is 3.30. The molecule has 1 atom stereocenters. The Morgan fingerprint density at radius 1 is 1.00 bits per heavy atom. The highest BCUT2D eigenvalue weighted by atomic mass is 16.5. The predicted octanol–water partition coefficient (Wildman–Crippen LogP) is 4.23. The van der Waals surface area contributed by atoms with Crippen molar-refractivity contribution in [1.29, 1.82) is 0 Å². The van der Waals surface area contributed by atoms with Gasteiger partial charge in [-0.15, -0.1) is 0 Å². The average molecular weight is 435 g/mol. The quantitative estimate of drug-likeness (QED) is 0.764. The van der Waals surface area contributed by atoms with Gasteiger partial charge in [0.1, 0.15) is 5.84 Å². The first kappa shape index (κ1) is 22.0. The summed E-state index contributed by atoms with van der Waals surface area (Å²) in [6.07, 6.45) is 3.52. The Morgan fingerprint density at radius 2 is 1.69 bits per heavy atom. The number of aliphatic imine (C=N–C) groups is 2. The molecule has 2 aromatic carbocycles. The highest BCUT2D eigenvalue weighted by Crippen LogP contribution is 2.36. The zero-order chi connectivity index (χ0) is 22.5. The van der Waals surface area contributed by atoms with Crippen molar-refractivity contribution in [2.45, 2.75) is 32.1 Å². The first-order valence-corrected chi connectivity index (χ1v) is 11.1. The lowest BCUT2D eigenvalue weighted by Gasteiger charge is -2.26. The van der Waals surface area contributed by atoms with Gasteiger partial charge >= 0.3 is 0 Å². The molecule has 2 aliphatic rings. The highest BCUT2D eigenvalue weighted by molar-refractivity contribution is 6.17. The number of amidine groups is 1. The molecule has 1 N–H and O–H groups in total. The lowest BCUT2D eigenvalue weighted by molar-refractivity contribution is -0.121. The first-order valence-electron chi connectivity index (χ1n) is 11.1. The smallest absolute Gasteiger partial charge is 0.239 e. The summed E-state index contributed by atoms with van der Waals surface area (Å²) in [5.74, 6) is 1.48. The number of amides is 1. The van der Waals surface area contributed by atoms with Crippen molar-refractivity contribution in [3.63, 3.8) is 0 Å². The van der Waals surface area contributed by atoms with E-state index in [1.807, 2.05) is 49.4 Å². The Morgan fingerprint density at radius 3 is 2.38 bits per heavy atom. The van der Waals surface area contributed by atoms with Gasteiger partial charge in [0.05, 0.1) is 38.1 Å². The van der Waals surface area contributed by atoms with Crippen LogP contribution in [0, 0.1) is 0 Å². The number of piperidine rings is 1. The number of nitrogens with one attached hydrogen (secondary N) is 1. The maximum atomic E-state index is 13.0. The predicted molar refractivity (Wildman–Crippen MR) is 127 cm³/mol. The molecule has 0 bridgehead atoms. The van der Waals surface area contributed by atoms with E-state index in [1.165, 1.54) is 6.42 Å². The summed E-state index contributed by atoms with van der Waals surface area (Å²) >= 11 is 0. The van der Waals surface area contributed by atoms with Crippen LogP contribution in [0.5, 0.6) is 11.5 Å².